The molecule has 0 amide bonds. The molecule has 2 aliphatic carbocycles. The van der Waals surface area contributed by atoms with Crippen LogP contribution < -0.4 is 5.32 Å². The molecule has 110 valence electrons. The first-order chi connectivity index (χ1) is 9.67. The Balaban J connectivity index is 1.73. The van der Waals surface area contributed by atoms with Gasteiger partial charge in [0.05, 0.1) is 0 Å². The molecular weight excluding hydrogens is 242 g/mol. The van der Waals surface area contributed by atoms with Gasteiger partial charge in [0, 0.05) is 12.6 Å². The molecule has 0 aromatic heterocycles. The molecule has 0 saturated heterocycles. The number of aryl methyl sites for hydroxylation is 2. The fraction of sp³-hybridized carbons (Fsp3) is 0.684. The molecule has 1 N–H and O–H groups in total. The zero-order chi connectivity index (χ0) is 14.0. The molecule has 0 heterocycles. The van der Waals surface area contributed by atoms with Crippen LogP contribution >= 0.6 is 0 Å². The molecule has 0 spiro atoms. The van der Waals surface area contributed by atoms with Crippen molar-refractivity contribution in [2.45, 2.75) is 71.3 Å². The van der Waals surface area contributed by atoms with Gasteiger partial charge in [-0.2, -0.15) is 0 Å². The Labute approximate surface area is 124 Å². The molecule has 0 aliphatic heterocycles. The van der Waals surface area contributed by atoms with Crippen molar-refractivity contribution < 1.29 is 0 Å². The van der Waals surface area contributed by atoms with Gasteiger partial charge in [0.1, 0.15) is 0 Å². The molecule has 1 nitrogen and oxygen atoms in total. The minimum absolute atomic E-state index is 0.525. The topological polar surface area (TPSA) is 12.0 Å². The molecule has 1 heteroatoms. The molecule has 1 aromatic rings. The molecule has 0 atom stereocenters. The number of fused-ring (bicyclic) bond motifs is 1. The summed E-state index contributed by atoms with van der Waals surface area (Å²) in [5.41, 5.74) is 5.34. The van der Waals surface area contributed by atoms with Gasteiger partial charge >= 0.3 is 0 Å². The highest BCUT2D eigenvalue weighted by Gasteiger charge is 2.33. The summed E-state index contributed by atoms with van der Waals surface area (Å²) in [4.78, 5) is 0. The van der Waals surface area contributed by atoms with Gasteiger partial charge in [-0.1, -0.05) is 44.9 Å². The number of hydrogen-bond acceptors (Lipinski definition) is 1. The second-order valence-electron chi connectivity index (χ2n) is 7.38. The van der Waals surface area contributed by atoms with Gasteiger partial charge < -0.3 is 5.32 Å². The van der Waals surface area contributed by atoms with Gasteiger partial charge in [0.25, 0.3) is 0 Å². The summed E-state index contributed by atoms with van der Waals surface area (Å²) in [5, 5.41) is 3.70. The van der Waals surface area contributed by atoms with E-state index in [2.05, 4.69) is 37.4 Å². The van der Waals surface area contributed by atoms with E-state index in [0.29, 0.717) is 11.5 Å². The second kappa shape index (κ2) is 5.89. The lowest BCUT2D eigenvalue weighted by molar-refractivity contribution is 0.269. The summed E-state index contributed by atoms with van der Waals surface area (Å²) in [6.07, 6.45) is 10.9. The van der Waals surface area contributed by atoms with E-state index >= 15 is 0 Å². The first-order valence-corrected chi connectivity index (χ1v) is 8.51. The third kappa shape index (κ3) is 3.09. The number of hydrogen-bond donors (Lipinski definition) is 1. The van der Waals surface area contributed by atoms with Gasteiger partial charge in [-0.25, -0.2) is 0 Å². The highest BCUT2D eigenvalue weighted by molar-refractivity contribution is 5.35. The lowest BCUT2D eigenvalue weighted by atomic mass is 9.79. The van der Waals surface area contributed by atoms with Crippen LogP contribution in [-0.2, 0) is 19.3 Å². The highest BCUT2D eigenvalue weighted by atomic mass is 14.9. The van der Waals surface area contributed by atoms with Crippen molar-refractivity contribution in [3.8, 4) is 0 Å². The van der Waals surface area contributed by atoms with Gasteiger partial charge in [-0.15, -0.1) is 0 Å². The van der Waals surface area contributed by atoms with E-state index in [1.54, 1.807) is 16.7 Å². The van der Waals surface area contributed by atoms with E-state index in [0.717, 1.165) is 0 Å². The highest BCUT2D eigenvalue weighted by Crippen LogP contribution is 2.41. The Morgan fingerprint density at radius 1 is 1.05 bits per heavy atom. The van der Waals surface area contributed by atoms with Crippen LogP contribution in [0.1, 0.15) is 62.6 Å². The van der Waals surface area contributed by atoms with Crippen molar-refractivity contribution in [3.63, 3.8) is 0 Å². The number of nitrogens with one attached hydrogen (secondary N) is 1. The van der Waals surface area contributed by atoms with E-state index in [9.17, 15) is 0 Å². The van der Waals surface area contributed by atoms with E-state index < -0.39 is 0 Å². The molecule has 0 radical (unpaired) electrons. The van der Waals surface area contributed by atoms with Crippen molar-refractivity contribution in [1.29, 1.82) is 0 Å². The van der Waals surface area contributed by atoms with Gasteiger partial charge in [0.15, 0.2) is 0 Å². The van der Waals surface area contributed by atoms with E-state index in [-0.39, 0.29) is 0 Å². The number of rotatable bonds is 5. The molecule has 2 aliphatic rings. The predicted octanol–water partition coefficient (Wildman–Crippen LogP) is 4.28. The quantitative estimate of drug-likeness (QED) is 0.843. The third-order valence-electron chi connectivity index (χ3n) is 5.29. The van der Waals surface area contributed by atoms with Crippen LogP contribution in [0.15, 0.2) is 18.2 Å². The molecule has 3 rings (SSSR count). The summed E-state index contributed by atoms with van der Waals surface area (Å²) in [5.74, 6) is 0. The largest absolute Gasteiger partial charge is 0.314 e. The molecule has 20 heavy (non-hydrogen) atoms. The van der Waals surface area contributed by atoms with Gasteiger partial charge in [-0.05, 0) is 60.6 Å². The third-order valence-corrected chi connectivity index (χ3v) is 5.29. The molecule has 0 unspecified atom stereocenters. The average Bonchev–Trinajstić information content (AvgIpc) is 3.05. The van der Waals surface area contributed by atoms with E-state index in [1.165, 1.54) is 57.9 Å². The maximum Gasteiger partial charge on any atom is 0.00134 e. The van der Waals surface area contributed by atoms with E-state index in [1.807, 2.05) is 0 Å². The Bertz CT molecular complexity index is 455. The zero-order valence-electron chi connectivity index (χ0n) is 13.2. The maximum absolute atomic E-state index is 3.70. The lowest BCUT2D eigenvalue weighted by Crippen LogP contribution is -2.37. The van der Waals surface area contributed by atoms with Crippen molar-refractivity contribution in [1.82, 2.24) is 5.32 Å². The zero-order valence-corrected chi connectivity index (χ0v) is 13.2. The summed E-state index contributed by atoms with van der Waals surface area (Å²) < 4.78 is 0. The molecule has 1 saturated carbocycles. The van der Waals surface area contributed by atoms with E-state index in [4.69, 9.17) is 0 Å². The molecular formula is C19H29N. The van der Waals surface area contributed by atoms with Crippen molar-refractivity contribution in [3.05, 3.63) is 34.9 Å². The number of benzene rings is 1. The first kappa shape index (κ1) is 14.1. The summed E-state index contributed by atoms with van der Waals surface area (Å²) in [6.45, 7) is 5.72. The fourth-order valence-corrected chi connectivity index (χ4v) is 4.13. The summed E-state index contributed by atoms with van der Waals surface area (Å²) in [7, 11) is 0. The summed E-state index contributed by atoms with van der Waals surface area (Å²) in [6, 6.07) is 7.92. The SMILES string of the molecule is CC(C)NCC1(Cc2ccc3c(c2)CCC3)CCCC1. The van der Waals surface area contributed by atoms with Crippen molar-refractivity contribution in [2.75, 3.05) is 6.54 Å². The van der Waals surface area contributed by atoms with Crippen LogP contribution in [-0.4, -0.2) is 12.6 Å². The first-order valence-electron chi connectivity index (χ1n) is 8.51. The van der Waals surface area contributed by atoms with Crippen molar-refractivity contribution in [2.24, 2.45) is 5.41 Å². The Kier molecular flexibility index (Phi) is 4.16. The lowest BCUT2D eigenvalue weighted by Gasteiger charge is -2.31. The molecule has 1 fully saturated rings. The van der Waals surface area contributed by atoms with Crippen LogP contribution in [0.25, 0.3) is 0 Å². The maximum atomic E-state index is 3.70. The van der Waals surface area contributed by atoms with Crippen LogP contribution in [0.5, 0.6) is 0 Å². The Morgan fingerprint density at radius 3 is 2.55 bits per heavy atom. The summed E-state index contributed by atoms with van der Waals surface area (Å²) >= 11 is 0. The van der Waals surface area contributed by atoms with Crippen LogP contribution in [0.3, 0.4) is 0 Å². The van der Waals surface area contributed by atoms with Crippen LogP contribution in [0, 0.1) is 5.41 Å². The minimum Gasteiger partial charge on any atom is -0.314 e. The molecule has 0 bridgehead atoms. The predicted molar refractivity (Wildman–Crippen MR) is 86.2 cm³/mol. The standard InChI is InChI=1S/C19H29N/c1-15(2)20-14-19(10-3-4-11-19)13-16-8-9-17-6-5-7-18(17)12-16/h8-9,12,15,20H,3-7,10-11,13-14H2,1-2H3. The van der Waals surface area contributed by atoms with Crippen LogP contribution in [0.2, 0.25) is 0 Å². The van der Waals surface area contributed by atoms with Gasteiger partial charge in [0.2, 0.25) is 0 Å². The Hall–Kier alpha value is -0.820. The molecule has 1 aromatic carbocycles. The fourth-order valence-electron chi connectivity index (χ4n) is 4.13. The monoisotopic (exact) mass is 271 g/mol. The van der Waals surface area contributed by atoms with Crippen LogP contribution in [0.4, 0.5) is 0 Å². The average molecular weight is 271 g/mol. The minimum atomic E-state index is 0.525. The second-order valence-corrected chi connectivity index (χ2v) is 7.38. The van der Waals surface area contributed by atoms with Gasteiger partial charge in [-0.3, -0.25) is 0 Å². The normalized spacial score (nSPS) is 20.6. The van der Waals surface area contributed by atoms with Crippen molar-refractivity contribution >= 4 is 0 Å². The smallest absolute Gasteiger partial charge is 0.00134 e. The Morgan fingerprint density at radius 2 is 1.80 bits per heavy atom.